The number of nitrogen functional groups attached to an aromatic ring is 2. The second kappa shape index (κ2) is 51.7. The Bertz CT molecular complexity index is 6300. The van der Waals surface area contributed by atoms with Crippen LogP contribution in [0.3, 0.4) is 0 Å². The Morgan fingerprint density at radius 2 is 0.832 bits per heavy atom. The molecular weight excluding hydrogens is 1920 g/mol. The van der Waals surface area contributed by atoms with Gasteiger partial charge in [-0.3, -0.25) is 4.79 Å². The van der Waals surface area contributed by atoms with Gasteiger partial charge in [-0.05, 0) is 202 Å². The number of nitrogens with two attached hydrogens (primary N) is 2. The molecule has 3 amide bonds. The second-order valence-corrected chi connectivity index (χ2v) is 36.9. The van der Waals surface area contributed by atoms with Crippen LogP contribution in [0.1, 0.15) is 92.4 Å². The van der Waals surface area contributed by atoms with Crippen LogP contribution in [0.5, 0.6) is 23.0 Å². The van der Waals surface area contributed by atoms with Gasteiger partial charge in [0.25, 0.3) is 5.91 Å². The molecule has 39 nitrogen and oxygen atoms in total. The van der Waals surface area contributed by atoms with E-state index in [4.69, 9.17) is 67.7 Å². The van der Waals surface area contributed by atoms with Gasteiger partial charge in [-0.25, -0.2) is 33.7 Å². The highest BCUT2D eigenvalue weighted by Gasteiger charge is 2.37. The highest BCUT2D eigenvalue weighted by molar-refractivity contribution is 9.10. The molecule has 764 valence electrons. The average molecular weight is 2050 g/mol. The summed E-state index contributed by atoms with van der Waals surface area (Å²) in [7, 11) is 6.65. The van der Waals surface area contributed by atoms with Crippen LogP contribution in [0, 0.1) is 0 Å². The molecule has 6 aromatic carbocycles. The largest absolute Gasteiger partial charge is 0.491 e. The number of piperazine rings is 4. The summed E-state index contributed by atoms with van der Waals surface area (Å²) in [6.45, 7) is 33.8. The van der Waals surface area contributed by atoms with Gasteiger partial charge in [0, 0.05) is 153 Å². The first-order chi connectivity index (χ1) is 68.5. The fraction of sp³-hybridized carbons (Fsp3) is 0.412. The van der Waals surface area contributed by atoms with Gasteiger partial charge in [-0.1, -0.05) is 76.6 Å². The Balaban J connectivity index is 0.000000162. The van der Waals surface area contributed by atoms with Crippen LogP contribution in [0.4, 0.5) is 38.5 Å². The number of anilines is 5. The summed E-state index contributed by atoms with van der Waals surface area (Å²) in [5, 5.41) is 35.4. The molecule has 41 heteroatoms. The Labute approximate surface area is 845 Å². The third kappa shape index (κ3) is 29.4. The maximum Gasteiger partial charge on any atom is 0.410 e. The van der Waals surface area contributed by atoms with E-state index in [0.29, 0.717) is 160 Å². The van der Waals surface area contributed by atoms with Crippen molar-refractivity contribution in [1.82, 2.24) is 84.1 Å². The summed E-state index contributed by atoms with van der Waals surface area (Å²) in [6, 6.07) is 56.9. The second-order valence-electron chi connectivity index (χ2n) is 36.0. The van der Waals surface area contributed by atoms with E-state index in [1.807, 2.05) is 144 Å². The zero-order valence-electron chi connectivity index (χ0n) is 83.2. The molecule has 4 aliphatic heterocycles. The number of carbonyl (C=O) groups excluding carboxylic acids is 3. The monoisotopic (exact) mass is 2050 g/mol. The number of carboxylic acids is 1. The number of aromatic nitrogens is 12. The molecule has 0 bridgehead atoms. The van der Waals surface area contributed by atoms with Gasteiger partial charge in [0.2, 0.25) is 23.5 Å². The van der Waals surface area contributed by atoms with Gasteiger partial charge >= 0.3 is 18.2 Å². The van der Waals surface area contributed by atoms with Crippen LogP contribution >= 0.6 is 28.3 Å². The molecule has 4 aliphatic rings. The van der Waals surface area contributed by atoms with E-state index in [0.717, 1.165) is 90.2 Å². The zero-order valence-corrected chi connectivity index (χ0v) is 85.6. The summed E-state index contributed by atoms with van der Waals surface area (Å²) < 4.78 is 70.5. The van der Waals surface area contributed by atoms with Crippen molar-refractivity contribution in [3.05, 3.63) is 223 Å². The highest BCUT2D eigenvalue weighted by atomic mass is 79.9. The number of fused-ring (bicyclic) bond motifs is 6. The first-order valence-corrected chi connectivity index (χ1v) is 48.0. The number of rotatable bonds is 27. The summed E-state index contributed by atoms with van der Waals surface area (Å²) in [4.78, 5) is 80.9. The molecule has 8 aromatic heterocycles. The van der Waals surface area contributed by atoms with Crippen molar-refractivity contribution < 1.29 is 80.5 Å². The van der Waals surface area contributed by atoms with Crippen molar-refractivity contribution >= 4 is 115 Å². The third-order valence-corrected chi connectivity index (χ3v) is 23.6. The lowest BCUT2D eigenvalue weighted by atomic mass is 10.0. The van der Waals surface area contributed by atoms with Gasteiger partial charge in [0.05, 0.1) is 62.1 Å². The molecular formula is C102H130BrClN22O17. The SMILES string of the molecule is COCCOc1ccc(Br)cc1.COCCOc1ccc(N2CCN(C(=O)C(c3ccccc3)n3ncc4c3nc(N)n3nc(-c5ccco5)nc43)C[C@@H]2C)cc1.COCCOc1ccc(N2CCN(C(=O)OC(C)(C)C)C[C@@H]2C)cc1.COCCOc1ccc(N2CCNC[C@@H]2C)cc1.C[C@H]1CN(C(=O)OC(C)(C)C)CCN1.Cl.Nc1nc2c(cnn2C(C(=O)O)c2ccccc2)c2nc(-c3ccco3)nn12. The number of ether oxygens (including phenoxy) is 10. The first-order valence-electron chi connectivity index (χ1n) is 47.2. The lowest BCUT2D eigenvalue weighted by Gasteiger charge is -2.42. The smallest absolute Gasteiger partial charge is 0.410 e. The van der Waals surface area contributed by atoms with Crippen molar-refractivity contribution in [2.45, 2.75) is 117 Å². The summed E-state index contributed by atoms with van der Waals surface area (Å²) in [5.41, 5.74) is 18.1. The quantitative estimate of drug-likeness (QED) is 0.0298. The van der Waals surface area contributed by atoms with Crippen molar-refractivity contribution in [3.8, 4) is 46.2 Å². The van der Waals surface area contributed by atoms with Crippen molar-refractivity contribution in [1.29, 1.82) is 0 Å². The Hall–Kier alpha value is -13.9. The number of amides is 3. The standard InChI is InChI=1S/C32H33N9O4.C19H30N2O4.C18H13N7O3.C14H22N2O2.C10H20N2O2.C9H11BrO2.ClH/c1-21-20-38(14-15-39(21)23-10-12-24(13-11-23)44-18-17-43-2)31(42)27(22-7-4-3-5-8-22)40-30-25(19-34-40)29-35-28(26-9-6-16-45-26)37-41(29)32(33)36-30;1-15-14-20(18(22)25-19(2,3)4)10-11-21(15)16-6-8-17(9-7-16)24-13-12-23-5;19-18-22-16-11(15-21-14(23-25(15)18)12-7-4-8-28-12)9-20-24(16)13(17(26)27)10-5-2-1-3-6-10;1-12-11-15-7-8-16(12)13-3-5-14(6-4-13)18-10-9-17-2;1-8-7-12(6-5-11-8)9(13)14-10(2,3)4;1-11-6-7-12-9-4-2-8(10)3-5-9;/h3-13,16,19,21,27H,14-15,17-18,20H2,1-2H3,(H2,33,36);6-9,15H,10-14H2,1-5H3;1-9,13H,(H2,19,22)(H,26,27);3-6,12,15H,7-11H2,1-2H3;8,11H,5-7H2,1-4H3;2-5H,6-7H2,1H3;1H/t21-,27?;15-;;12-;8-;;/m00.00../s1. The average Bonchev–Trinajstić information content (AvgIpc) is 1.59. The number of hydrogen-bond acceptors (Lipinski definition) is 31. The fourth-order valence-electron chi connectivity index (χ4n) is 16.2. The summed E-state index contributed by atoms with van der Waals surface area (Å²) in [5.74, 6) is 4.17. The number of nitrogens with zero attached hydrogens (tertiary/aromatic N) is 18. The predicted octanol–water partition coefficient (Wildman–Crippen LogP) is 14.4. The topological polar surface area (TPSA) is 424 Å². The lowest BCUT2D eigenvalue weighted by Crippen LogP contribution is -2.55. The molecule has 4 saturated heterocycles. The number of halogens is 2. The van der Waals surface area contributed by atoms with E-state index in [1.165, 1.54) is 31.9 Å². The minimum absolute atomic E-state index is 0. The fourth-order valence-corrected chi connectivity index (χ4v) is 16.5. The number of benzene rings is 6. The maximum absolute atomic E-state index is 14.4. The van der Waals surface area contributed by atoms with Gasteiger partial charge in [0.15, 0.2) is 46.2 Å². The number of nitrogens with one attached hydrogen (secondary N) is 2. The van der Waals surface area contributed by atoms with E-state index in [1.54, 1.807) is 104 Å². The number of carbonyl (C=O) groups is 4. The molecule has 7 N–H and O–H groups in total. The van der Waals surface area contributed by atoms with Gasteiger partial charge < -0.3 is 113 Å². The molecule has 0 aliphatic carbocycles. The van der Waals surface area contributed by atoms with E-state index in [9.17, 15) is 24.3 Å². The van der Waals surface area contributed by atoms with Gasteiger partial charge in [0.1, 0.15) is 60.6 Å². The Morgan fingerprint density at radius 3 is 1.21 bits per heavy atom. The zero-order chi connectivity index (χ0) is 101. The van der Waals surface area contributed by atoms with Gasteiger partial charge in [-0.2, -0.15) is 29.2 Å². The molecule has 0 spiro atoms. The van der Waals surface area contributed by atoms with E-state index >= 15 is 0 Å². The lowest BCUT2D eigenvalue weighted by molar-refractivity contribution is -0.139. The number of aliphatic carboxylic acids is 1. The molecule has 2 unspecified atom stereocenters. The molecule has 0 radical (unpaired) electrons. The van der Waals surface area contributed by atoms with Crippen LogP contribution in [0.15, 0.2) is 220 Å². The highest BCUT2D eigenvalue weighted by Crippen LogP contribution is 2.35. The molecule has 143 heavy (non-hydrogen) atoms. The summed E-state index contributed by atoms with van der Waals surface area (Å²) in [6.07, 6.45) is 5.81. The Morgan fingerprint density at radius 1 is 0.448 bits per heavy atom. The van der Waals surface area contributed by atoms with Crippen molar-refractivity contribution in [2.75, 3.05) is 186 Å². The van der Waals surface area contributed by atoms with Crippen LogP contribution < -0.4 is 55.7 Å². The van der Waals surface area contributed by atoms with Crippen LogP contribution in [0.2, 0.25) is 0 Å². The molecule has 14 aromatic rings. The minimum Gasteiger partial charge on any atom is -0.491 e. The first kappa shape index (κ1) is 108. The summed E-state index contributed by atoms with van der Waals surface area (Å²) >= 11 is 3.35. The maximum atomic E-state index is 14.4. The van der Waals surface area contributed by atoms with E-state index in [-0.39, 0.29) is 54.5 Å². The number of methoxy groups -OCH3 is 4. The van der Waals surface area contributed by atoms with Crippen LogP contribution in [-0.2, 0) is 38.0 Å². The number of carboxylic acid groups (broad SMARTS) is 1. The minimum atomic E-state index is -1.06. The van der Waals surface area contributed by atoms with Crippen molar-refractivity contribution in [2.24, 2.45) is 0 Å². The van der Waals surface area contributed by atoms with E-state index in [2.05, 4.69) is 146 Å². The molecule has 18 rings (SSSR count). The van der Waals surface area contributed by atoms with E-state index < -0.39 is 29.3 Å². The van der Waals surface area contributed by atoms with Crippen molar-refractivity contribution in [3.63, 3.8) is 0 Å². The molecule has 0 saturated carbocycles. The van der Waals surface area contributed by atoms with Crippen LogP contribution in [0.25, 0.3) is 56.5 Å². The predicted molar refractivity (Wildman–Crippen MR) is 552 cm³/mol. The van der Waals surface area contributed by atoms with Gasteiger partial charge in [-0.15, -0.1) is 22.6 Å². The molecule has 12 heterocycles. The number of hydrogen-bond donors (Lipinski definition) is 5. The van der Waals surface area contributed by atoms with Crippen LogP contribution in [-0.4, -0.2) is 298 Å². The normalized spacial score (nSPS) is 16.3. The third-order valence-electron chi connectivity index (χ3n) is 23.1. The number of furan rings is 2. The Kier molecular flexibility index (Phi) is 39.0. The molecule has 4 fully saturated rings. The molecule has 6 atom stereocenters.